The van der Waals surface area contributed by atoms with Gasteiger partial charge in [0, 0.05) is 22.6 Å². The molecule has 0 saturated heterocycles. The van der Waals surface area contributed by atoms with Crippen LogP contribution in [0.4, 0.5) is 10.1 Å². The number of nitrogens with zero attached hydrogens (tertiary/aromatic N) is 1. The SMILES string of the molecule is C=Cc1ccccc1C(C(=O)NC1CCCCC1)N(C(=O)c1cc2ccccc2[nH]1)c1cccc(F)c1. The lowest BCUT2D eigenvalue weighted by molar-refractivity contribution is -0.123. The van der Waals surface area contributed by atoms with Crippen molar-refractivity contribution in [1.82, 2.24) is 10.3 Å². The van der Waals surface area contributed by atoms with Crippen LogP contribution >= 0.6 is 0 Å². The topological polar surface area (TPSA) is 65.2 Å². The van der Waals surface area contributed by atoms with Crippen LogP contribution in [0.3, 0.4) is 0 Å². The summed E-state index contributed by atoms with van der Waals surface area (Å²) in [6, 6.07) is 21.6. The van der Waals surface area contributed by atoms with Crippen LogP contribution in [-0.2, 0) is 4.79 Å². The molecule has 3 aromatic carbocycles. The third-order valence-electron chi connectivity index (χ3n) is 7.03. The van der Waals surface area contributed by atoms with E-state index in [0.717, 1.165) is 48.6 Å². The van der Waals surface area contributed by atoms with Crippen LogP contribution in [0.5, 0.6) is 0 Å². The molecule has 188 valence electrons. The Morgan fingerprint density at radius 2 is 1.73 bits per heavy atom. The van der Waals surface area contributed by atoms with E-state index in [-0.39, 0.29) is 11.9 Å². The van der Waals surface area contributed by atoms with Gasteiger partial charge in [-0.3, -0.25) is 14.5 Å². The molecule has 37 heavy (non-hydrogen) atoms. The number of carbonyl (C=O) groups is 2. The molecule has 1 aromatic heterocycles. The third kappa shape index (κ3) is 5.19. The monoisotopic (exact) mass is 495 g/mol. The maximum atomic E-state index is 14.5. The summed E-state index contributed by atoms with van der Waals surface area (Å²) < 4.78 is 14.5. The van der Waals surface area contributed by atoms with E-state index in [4.69, 9.17) is 0 Å². The highest BCUT2D eigenvalue weighted by Gasteiger charge is 2.36. The molecule has 1 atom stereocenters. The van der Waals surface area contributed by atoms with Crippen molar-refractivity contribution in [1.29, 1.82) is 0 Å². The molecule has 5 nitrogen and oxygen atoms in total. The number of carbonyl (C=O) groups excluding carboxylic acids is 2. The van der Waals surface area contributed by atoms with E-state index in [9.17, 15) is 14.0 Å². The van der Waals surface area contributed by atoms with E-state index in [0.29, 0.717) is 16.9 Å². The summed E-state index contributed by atoms with van der Waals surface area (Å²) >= 11 is 0. The molecule has 1 heterocycles. The Balaban J connectivity index is 1.65. The number of fused-ring (bicyclic) bond motifs is 1. The summed E-state index contributed by atoms with van der Waals surface area (Å²) in [4.78, 5) is 32.8. The van der Waals surface area contributed by atoms with Crippen molar-refractivity contribution in [3.05, 3.63) is 108 Å². The molecule has 5 rings (SSSR count). The summed E-state index contributed by atoms with van der Waals surface area (Å²) in [7, 11) is 0. The van der Waals surface area contributed by atoms with Crippen molar-refractivity contribution in [3.8, 4) is 0 Å². The second kappa shape index (κ2) is 10.8. The zero-order chi connectivity index (χ0) is 25.8. The highest BCUT2D eigenvalue weighted by molar-refractivity contribution is 6.11. The molecule has 1 fully saturated rings. The van der Waals surface area contributed by atoms with Gasteiger partial charge in [-0.2, -0.15) is 0 Å². The molecule has 0 spiro atoms. The number of benzene rings is 3. The first kappa shape index (κ1) is 24.5. The number of aromatic amines is 1. The third-order valence-corrected chi connectivity index (χ3v) is 7.03. The number of hydrogen-bond acceptors (Lipinski definition) is 2. The van der Waals surface area contributed by atoms with Gasteiger partial charge in [0.2, 0.25) is 5.91 Å². The normalized spacial score (nSPS) is 14.7. The molecule has 0 aliphatic heterocycles. The molecular weight excluding hydrogens is 465 g/mol. The summed E-state index contributed by atoms with van der Waals surface area (Å²) in [5.41, 5.74) is 2.78. The summed E-state index contributed by atoms with van der Waals surface area (Å²) in [5, 5.41) is 4.07. The lowest BCUT2D eigenvalue weighted by Gasteiger charge is -2.34. The maximum Gasteiger partial charge on any atom is 0.275 e. The van der Waals surface area contributed by atoms with Crippen molar-refractivity contribution in [2.24, 2.45) is 0 Å². The van der Waals surface area contributed by atoms with Crippen LogP contribution in [0.1, 0.15) is 59.8 Å². The van der Waals surface area contributed by atoms with Gasteiger partial charge in [0.1, 0.15) is 17.6 Å². The predicted octanol–water partition coefficient (Wildman–Crippen LogP) is 6.79. The molecule has 2 amide bonds. The quantitative estimate of drug-likeness (QED) is 0.297. The van der Waals surface area contributed by atoms with E-state index in [1.807, 2.05) is 48.5 Å². The van der Waals surface area contributed by atoms with Gasteiger partial charge in [-0.15, -0.1) is 0 Å². The van der Waals surface area contributed by atoms with Gasteiger partial charge in [0.15, 0.2) is 0 Å². The van der Waals surface area contributed by atoms with E-state index < -0.39 is 17.8 Å². The standard InChI is InChI=1S/C31H30FN3O2/c1-2-21-11-6-8-17-26(21)29(30(36)33-24-14-4-3-5-15-24)35(25-16-10-13-23(32)20-25)31(37)28-19-22-12-7-9-18-27(22)34-28/h2,6-13,16-20,24,29,34H,1,3-5,14-15H2,(H,33,36). The van der Waals surface area contributed by atoms with Crippen LogP contribution in [0.15, 0.2) is 85.4 Å². The van der Waals surface area contributed by atoms with Gasteiger partial charge in [-0.25, -0.2) is 4.39 Å². The van der Waals surface area contributed by atoms with Crippen molar-refractivity contribution < 1.29 is 14.0 Å². The molecule has 0 radical (unpaired) electrons. The van der Waals surface area contributed by atoms with Crippen LogP contribution < -0.4 is 10.2 Å². The minimum Gasteiger partial charge on any atom is -0.351 e. The molecule has 1 aliphatic carbocycles. The molecule has 1 aliphatic rings. The highest BCUT2D eigenvalue weighted by Crippen LogP contribution is 2.33. The first-order chi connectivity index (χ1) is 18.0. The first-order valence-corrected chi connectivity index (χ1v) is 12.7. The molecule has 6 heteroatoms. The predicted molar refractivity (Wildman–Crippen MR) is 146 cm³/mol. The number of amides is 2. The van der Waals surface area contributed by atoms with E-state index in [2.05, 4.69) is 16.9 Å². The van der Waals surface area contributed by atoms with Crippen molar-refractivity contribution in [2.75, 3.05) is 4.90 Å². The van der Waals surface area contributed by atoms with Crippen LogP contribution in [0.2, 0.25) is 0 Å². The Morgan fingerprint density at radius 1 is 0.973 bits per heavy atom. The minimum atomic E-state index is -1.03. The lowest BCUT2D eigenvalue weighted by atomic mass is 9.93. The largest absolute Gasteiger partial charge is 0.351 e. The smallest absolute Gasteiger partial charge is 0.275 e. The van der Waals surface area contributed by atoms with Crippen LogP contribution in [0.25, 0.3) is 17.0 Å². The molecule has 4 aromatic rings. The summed E-state index contributed by atoms with van der Waals surface area (Å²) in [5.74, 6) is -1.21. The van der Waals surface area contributed by atoms with E-state index >= 15 is 0 Å². The summed E-state index contributed by atoms with van der Waals surface area (Å²) in [6.07, 6.45) is 6.74. The number of aromatic nitrogens is 1. The molecule has 0 bridgehead atoms. The number of nitrogens with one attached hydrogen (secondary N) is 2. The van der Waals surface area contributed by atoms with Gasteiger partial charge in [-0.1, -0.05) is 80.4 Å². The van der Waals surface area contributed by atoms with Crippen LogP contribution in [0, 0.1) is 5.82 Å². The van der Waals surface area contributed by atoms with Crippen molar-refractivity contribution in [3.63, 3.8) is 0 Å². The fourth-order valence-electron chi connectivity index (χ4n) is 5.20. The zero-order valence-electron chi connectivity index (χ0n) is 20.6. The number of halogens is 1. The lowest BCUT2D eigenvalue weighted by Crippen LogP contribution is -2.47. The number of para-hydroxylation sites is 1. The Labute approximate surface area is 216 Å². The van der Waals surface area contributed by atoms with Gasteiger partial charge in [0.25, 0.3) is 5.91 Å². The minimum absolute atomic E-state index is 0.0391. The highest BCUT2D eigenvalue weighted by atomic mass is 19.1. The average Bonchev–Trinajstić information content (AvgIpc) is 3.36. The van der Waals surface area contributed by atoms with Crippen LogP contribution in [-0.4, -0.2) is 22.8 Å². The fourth-order valence-corrected chi connectivity index (χ4v) is 5.20. The van der Waals surface area contributed by atoms with E-state index in [1.165, 1.54) is 17.0 Å². The van der Waals surface area contributed by atoms with Gasteiger partial charge in [-0.05, 0) is 54.3 Å². The van der Waals surface area contributed by atoms with Crippen molar-refractivity contribution >= 4 is 34.5 Å². The Morgan fingerprint density at radius 3 is 2.49 bits per heavy atom. The number of rotatable bonds is 7. The van der Waals surface area contributed by atoms with Gasteiger partial charge >= 0.3 is 0 Å². The Bertz CT molecular complexity index is 1400. The fraction of sp³-hybridized carbons (Fsp3) is 0.226. The second-order valence-electron chi connectivity index (χ2n) is 9.50. The molecule has 1 saturated carbocycles. The Kier molecular flexibility index (Phi) is 7.17. The second-order valence-corrected chi connectivity index (χ2v) is 9.50. The van der Waals surface area contributed by atoms with E-state index in [1.54, 1.807) is 24.3 Å². The maximum absolute atomic E-state index is 14.5. The number of anilines is 1. The molecule has 1 unspecified atom stereocenters. The van der Waals surface area contributed by atoms with Crippen molar-refractivity contribution in [2.45, 2.75) is 44.2 Å². The zero-order valence-corrected chi connectivity index (χ0v) is 20.6. The Hall–Kier alpha value is -4.19. The van der Waals surface area contributed by atoms with Gasteiger partial charge in [0.05, 0.1) is 0 Å². The first-order valence-electron chi connectivity index (χ1n) is 12.7. The molecular formula is C31H30FN3O2. The average molecular weight is 496 g/mol. The van der Waals surface area contributed by atoms with Gasteiger partial charge < -0.3 is 10.3 Å². The molecule has 2 N–H and O–H groups in total. The number of hydrogen-bond donors (Lipinski definition) is 2. The summed E-state index contributed by atoms with van der Waals surface area (Å²) in [6.45, 7) is 3.93. The number of H-pyrrole nitrogens is 1.